The van der Waals surface area contributed by atoms with Crippen LogP contribution in [0.2, 0.25) is 0 Å². The lowest BCUT2D eigenvalue weighted by Gasteiger charge is -2.18. The minimum Gasteiger partial charge on any atom is -0.354 e. The standard InChI is InChI=1S/C14H11F4N5/c1-22(8-9-3-2-4-10(15)7-9)12-6-5-11-19-20-13(14(16,17)18)23(11)21-12/h2-7H,8H2,1H3. The number of rotatable bonds is 3. The summed E-state index contributed by atoms with van der Waals surface area (Å²) in [7, 11) is 1.65. The van der Waals surface area contributed by atoms with Crippen LogP contribution in [0.4, 0.5) is 23.4 Å². The molecule has 0 unspecified atom stereocenters. The van der Waals surface area contributed by atoms with Gasteiger partial charge in [0.15, 0.2) is 5.65 Å². The van der Waals surface area contributed by atoms with Crippen LogP contribution in [-0.2, 0) is 12.7 Å². The summed E-state index contributed by atoms with van der Waals surface area (Å²) in [6, 6.07) is 8.89. The minimum atomic E-state index is -4.65. The van der Waals surface area contributed by atoms with E-state index < -0.39 is 12.0 Å². The molecule has 0 bridgehead atoms. The van der Waals surface area contributed by atoms with Crippen molar-refractivity contribution in [2.45, 2.75) is 12.7 Å². The summed E-state index contributed by atoms with van der Waals surface area (Å²) in [5.41, 5.74) is 0.675. The van der Waals surface area contributed by atoms with Crippen molar-refractivity contribution in [2.75, 3.05) is 11.9 Å². The predicted octanol–water partition coefficient (Wildman–Crippen LogP) is 2.92. The third-order valence-electron chi connectivity index (χ3n) is 3.20. The Morgan fingerprint density at radius 1 is 1.13 bits per heavy atom. The molecule has 120 valence electrons. The number of anilines is 1. The zero-order valence-corrected chi connectivity index (χ0v) is 11.9. The first-order valence-electron chi connectivity index (χ1n) is 6.60. The molecule has 0 saturated heterocycles. The van der Waals surface area contributed by atoms with Gasteiger partial charge in [-0.05, 0) is 29.8 Å². The van der Waals surface area contributed by atoms with Crippen LogP contribution in [0.1, 0.15) is 11.4 Å². The third-order valence-corrected chi connectivity index (χ3v) is 3.20. The zero-order valence-electron chi connectivity index (χ0n) is 11.9. The Morgan fingerprint density at radius 3 is 2.61 bits per heavy atom. The molecule has 0 saturated carbocycles. The molecule has 1 aromatic carbocycles. The molecule has 0 atom stereocenters. The Labute approximate surface area is 128 Å². The highest BCUT2D eigenvalue weighted by Gasteiger charge is 2.37. The first-order chi connectivity index (χ1) is 10.8. The molecule has 0 amide bonds. The first kappa shape index (κ1) is 15.2. The van der Waals surface area contributed by atoms with Crippen molar-refractivity contribution >= 4 is 11.5 Å². The summed E-state index contributed by atoms with van der Waals surface area (Å²) in [4.78, 5) is 1.61. The molecule has 0 aliphatic carbocycles. The van der Waals surface area contributed by atoms with Gasteiger partial charge in [-0.1, -0.05) is 12.1 Å². The molecule has 0 spiro atoms. The lowest BCUT2D eigenvalue weighted by Crippen LogP contribution is -2.20. The van der Waals surface area contributed by atoms with Crippen LogP contribution in [-0.4, -0.2) is 26.9 Å². The molecule has 2 aromatic heterocycles. The van der Waals surface area contributed by atoms with Crippen molar-refractivity contribution < 1.29 is 17.6 Å². The summed E-state index contributed by atoms with van der Waals surface area (Å²) in [5, 5.41) is 10.5. The number of hydrogen-bond acceptors (Lipinski definition) is 4. The van der Waals surface area contributed by atoms with E-state index >= 15 is 0 Å². The summed E-state index contributed by atoms with van der Waals surface area (Å²) in [6.45, 7) is 0.291. The van der Waals surface area contributed by atoms with Crippen LogP contribution >= 0.6 is 0 Å². The number of hydrogen-bond donors (Lipinski definition) is 0. The molecule has 3 rings (SSSR count). The summed E-state index contributed by atoms with van der Waals surface area (Å²) >= 11 is 0. The van der Waals surface area contributed by atoms with Gasteiger partial charge in [-0.2, -0.15) is 17.7 Å². The Balaban J connectivity index is 1.93. The SMILES string of the molecule is CN(Cc1cccc(F)c1)c1ccc2nnc(C(F)(F)F)n2n1. The van der Waals surface area contributed by atoms with Gasteiger partial charge in [-0.3, -0.25) is 0 Å². The van der Waals surface area contributed by atoms with E-state index in [1.165, 1.54) is 24.3 Å². The smallest absolute Gasteiger partial charge is 0.354 e. The van der Waals surface area contributed by atoms with Gasteiger partial charge in [0, 0.05) is 13.6 Å². The molecule has 23 heavy (non-hydrogen) atoms. The van der Waals surface area contributed by atoms with E-state index in [1.54, 1.807) is 24.1 Å². The maximum absolute atomic E-state index is 13.2. The fourth-order valence-electron chi connectivity index (χ4n) is 2.15. The normalized spacial score (nSPS) is 11.9. The van der Waals surface area contributed by atoms with Crippen molar-refractivity contribution in [3.8, 4) is 0 Å². The van der Waals surface area contributed by atoms with Gasteiger partial charge in [-0.15, -0.1) is 15.3 Å². The number of fused-ring (bicyclic) bond motifs is 1. The van der Waals surface area contributed by atoms with Gasteiger partial charge in [0.25, 0.3) is 5.82 Å². The molecule has 0 radical (unpaired) electrons. The molecule has 0 aliphatic rings. The van der Waals surface area contributed by atoms with E-state index in [4.69, 9.17) is 0 Å². The van der Waals surface area contributed by atoms with Gasteiger partial charge in [0.05, 0.1) is 0 Å². The quantitative estimate of drug-likeness (QED) is 0.695. The summed E-state index contributed by atoms with van der Waals surface area (Å²) in [5.74, 6) is -1.28. The number of halogens is 4. The average molecular weight is 325 g/mol. The maximum atomic E-state index is 13.2. The van der Waals surface area contributed by atoms with Crippen molar-refractivity contribution in [1.29, 1.82) is 0 Å². The zero-order chi connectivity index (χ0) is 16.6. The number of aromatic nitrogens is 4. The third kappa shape index (κ3) is 3.08. The second kappa shape index (κ2) is 5.49. The molecule has 9 heteroatoms. The average Bonchev–Trinajstić information content (AvgIpc) is 2.90. The Morgan fingerprint density at radius 2 is 1.91 bits per heavy atom. The van der Waals surface area contributed by atoms with E-state index in [1.807, 2.05) is 0 Å². The molecule has 5 nitrogen and oxygen atoms in total. The lowest BCUT2D eigenvalue weighted by molar-refractivity contribution is -0.146. The lowest BCUT2D eigenvalue weighted by atomic mass is 10.2. The van der Waals surface area contributed by atoms with Crippen LogP contribution in [0, 0.1) is 5.82 Å². The van der Waals surface area contributed by atoms with Crippen LogP contribution in [0.15, 0.2) is 36.4 Å². The van der Waals surface area contributed by atoms with Gasteiger partial charge in [-0.25, -0.2) is 4.39 Å². The maximum Gasteiger partial charge on any atom is 0.453 e. The van der Waals surface area contributed by atoms with Crippen molar-refractivity contribution in [3.63, 3.8) is 0 Å². The fraction of sp³-hybridized carbons (Fsp3) is 0.214. The Kier molecular flexibility index (Phi) is 3.63. The highest BCUT2D eigenvalue weighted by atomic mass is 19.4. The second-order valence-corrected chi connectivity index (χ2v) is 4.97. The van der Waals surface area contributed by atoms with Crippen molar-refractivity contribution in [1.82, 2.24) is 19.8 Å². The second-order valence-electron chi connectivity index (χ2n) is 4.97. The summed E-state index contributed by atoms with van der Waals surface area (Å²) in [6.07, 6.45) is -4.65. The van der Waals surface area contributed by atoms with E-state index in [2.05, 4.69) is 15.3 Å². The molecule has 3 aromatic rings. The van der Waals surface area contributed by atoms with E-state index in [9.17, 15) is 17.6 Å². The van der Waals surface area contributed by atoms with Gasteiger partial charge < -0.3 is 4.90 Å². The Hall–Kier alpha value is -2.71. The van der Waals surface area contributed by atoms with E-state index in [-0.39, 0.29) is 17.3 Å². The predicted molar refractivity (Wildman–Crippen MR) is 74.3 cm³/mol. The molecule has 0 aliphatic heterocycles. The van der Waals surface area contributed by atoms with Crippen LogP contribution < -0.4 is 4.90 Å². The van der Waals surface area contributed by atoms with Crippen molar-refractivity contribution in [3.05, 3.63) is 53.6 Å². The topological polar surface area (TPSA) is 46.3 Å². The Bertz CT molecular complexity index is 843. The molecular weight excluding hydrogens is 314 g/mol. The van der Waals surface area contributed by atoms with E-state index in [0.717, 1.165) is 0 Å². The largest absolute Gasteiger partial charge is 0.453 e. The van der Waals surface area contributed by atoms with Gasteiger partial charge in [0.2, 0.25) is 0 Å². The van der Waals surface area contributed by atoms with Crippen LogP contribution in [0.25, 0.3) is 5.65 Å². The van der Waals surface area contributed by atoms with Crippen molar-refractivity contribution in [2.24, 2.45) is 0 Å². The number of alkyl halides is 3. The molecular formula is C14H11F4N5. The highest BCUT2D eigenvalue weighted by molar-refractivity contribution is 5.46. The van der Waals surface area contributed by atoms with Crippen LogP contribution in [0.3, 0.4) is 0 Å². The fourth-order valence-corrected chi connectivity index (χ4v) is 2.15. The monoisotopic (exact) mass is 325 g/mol. The summed E-state index contributed by atoms with van der Waals surface area (Å²) < 4.78 is 52.4. The van der Waals surface area contributed by atoms with Gasteiger partial charge in [0.1, 0.15) is 11.6 Å². The minimum absolute atomic E-state index is 0.000213. The van der Waals surface area contributed by atoms with Crippen LogP contribution in [0.5, 0.6) is 0 Å². The van der Waals surface area contributed by atoms with Gasteiger partial charge >= 0.3 is 6.18 Å². The molecule has 0 fully saturated rings. The van der Waals surface area contributed by atoms with E-state index in [0.29, 0.717) is 16.6 Å². The number of benzene rings is 1. The molecule has 2 heterocycles. The number of nitrogens with zero attached hydrogens (tertiary/aromatic N) is 5. The highest BCUT2D eigenvalue weighted by Crippen LogP contribution is 2.27. The first-order valence-corrected chi connectivity index (χ1v) is 6.60. The molecule has 0 N–H and O–H groups in total.